The Morgan fingerprint density at radius 3 is 1.95 bits per heavy atom. The van der Waals surface area contributed by atoms with Crippen LogP contribution in [0.25, 0.3) is 0 Å². The maximum absolute atomic E-state index is 12.8. The predicted octanol–water partition coefficient (Wildman–Crippen LogP) is 5.61. The number of hydrogen-bond donors (Lipinski definition) is 1. The van der Waals surface area contributed by atoms with Crippen molar-refractivity contribution in [3.63, 3.8) is 0 Å². The maximum atomic E-state index is 12.8. The van der Waals surface area contributed by atoms with Gasteiger partial charge >= 0.3 is 12.1 Å². The van der Waals surface area contributed by atoms with Gasteiger partial charge in [-0.15, -0.1) is 0 Å². The molecule has 0 amide bonds. The molecule has 3 aromatic carbocycles. The average molecular weight is 508 g/mol. The first kappa shape index (κ1) is 27.1. The highest BCUT2D eigenvalue weighted by atomic mass is 19.4. The molecule has 0 bridgehead atoms. The van der Waals surface area contributed by atoms with E-state index in [0.717, 1.165) is 17.5 Å². The number of nitrogens with zero attached hydrogens (tertiary/aromatic N) is 2. The van der Waals surface area contributed by atoms with Gasteiger partial charge in [-0.2, -0.15) is 13.2 Å². The average Bonchev–Trinajstić information content (AvgIpc) is 3.33. The molecule has 1 aromatic heterocycles. The number of carbonyl (C=O) groups excluding carboxylic acids is 2. The summed E-state index contributed by atoms with van der Waals surface area (Å²) >= 11 is 0. The van der Waals surface area contributed by atoms with Gasteiger partial charge < -0.3 is 9.67 Å². The summed E-state index contributed by atoms with van der Waals surface area (Å²) in [5.41, 5.74) is 3.86. The first-order valence-corrected chi connectivity index (χ1v) is 11.2. The van der Waals surface area contributed by atoms with Crippen LogP contribution in [0.5, 0.6) is 0 Å². The zero-order valence-corrected chi connectivity index (χ0v) is 19.6. The molecule has 4 rings (SSSR count). The number of aromatic nitrogens is 2. The largest absolute Gasteiger partial charge is 0.490 e. The van der Waals surface area contributed by atoms with Crippen LogP contribution in [0.3, 0.4) is 0 Å². The Bertz CT molecular complexity index is 1350. The van der Waals surface area contributed by atoms with Crippen molar-refractivity contribution in [2.45, 2.75) is 25.6 Å². The van der Waals surface area contributed by atoms with Crippen LogP contribution < -0.4 is 0 Å². The van der Waals surface area contributed by atoms with Crippen molar-refractivity contribution in [1.82, 2.24) is 9.55 Å². The zero-order chi connectivity index (χ0) is 26.8. The predicted molar refractivity (Wildman–Crippen MR) is 130 cm³/mol. The van der Waals surface area contributed by atoms with E-state index in [9.17, 15) is 22.8 Å². The summed E-state index contributed by atoms with van der Waals surface area (Å²) in [5.74, 6) is -2.90. The van der Waals surface area contributed by atoms with Crippen molar-refractivity contribution >= 4 is 17.5 Å². The third-order valence-corrected chi connectivity index (χ3v) is 5.22. The standard InChI is InChI=1S/C26H22N2O2.C2HF3O2/c29-24(23-13-7-12-22(17-23)16-20-8-3-1-4-9-20)18-25(30)26-27-14-15-28(26)19-21-10-5-2-6-11-21;3-2(4,5)1(6)7/h1-15,17H,16,18-19H2;(H,6,7). The van der Waals surface area contributed by atoms with E-state index >= 15 is 0 Å². The summed E-state index contributed by atoms with van der Waals surface area (Å²) in [5, 5.41) is 7.12. The quantitative estimate of drug-likeness (QED) is 0.247. The van der Waals surface area contributed by atoms with E-state index < -0.39 is 12.1 Å². The van der Waals surface area contributed by atoms with Crippen molar-refractivity contribution in [1.29, 1.82) is 0 Å². The Hall–Kier alpha value is -4.53. The van der Waals surface area contributed by atoms with Crippen LogP contribution in [0.1, 0.15) is 44.1 Å². The number of carboxylic acids is 1. The molecule has 0 fully saturated rings. The fourth-order valence-electron chi connectivity index (χ4n) is 3.48. The van der Waals surface area contributed by atoms with Crippen LogP contribution >= 0.6 is 0 Å². The monoisotopic (exact) mass is 508 g/mol. The fourth-order valence-corrected chi connectivity index (χ4v) is 3.48. The summed E-state index contributed by atoms with van der Waals surface area (Å²) < 4.78 is 33.5. The number of Topliss-reactive ketones (excluding diaryl/α,β-unsaturated/α-hetero) is 2. The number of alkyl halides is 3. The molecule has 37 heavy (non-hydrogen) atoms. The molecule has 0 unspecified atom stereocenters. The molecule has 1 heterocycles. The summed E-state index contributed by atoms with van der Waals surface area (Å²) in [4.78, 5) is 38.6. The van der Waals surface area contributed by atoms with E-state index in [1.165, 1.54) is 5.56 Å². The summed E-state index contributed by atoms with van der Waals surface area (Å²) in [6.07, 6.45) is -1.16. The van der Waals surface area contributed by atoms with Gasteiger partial charge in [0.15, 0.2) is 11.6 Å². The van der Waals surface area contributed by atoms with Crippen LogP contribution in [0.4, 0.5) is 13.2 Å². The molecule has 190 valence electrons. The highest BCUT2D eigenvalue weighted by molar-refractivity contribution is 6.12. The Morgan fingerprint density at radius 1 is 0.784 bits per heavy atom. The number of benzene rings is 3. The highest BCUT2D eigenvalue weighted by Gasteiger charge is 2.38. The number of carbonyl (C=O) groups is 3. The van der Waals surface area contributed by atoms with Gasteiger partial charge in [-0.25, -0.2) is 9.78 Å². The first-order valence-electron chi connectivity index (χ1n) is 11.2. The van der Waals surface area contributed by atoms with Gasteiger partial charge in [-0.3, -0.25) is 9.59 Å². The van der Waals surface area contributed by atoms with Gasteiger partial charge in [0.1, 0.15) is 0 Å². The van der Waals surface area contributed by atoms with Gasteiger partial charge in [0, 0.05) is 24.5 Å². The smallest absolute Gasteiger partial charge is 0.475 e. The van der Waals surface area contributed by atoms with Crippen molar-refractivity contribution in [3.8, 4) is 0 Å². The lowest BCUT2D eigenvalue weighted by Gasteiger charge is -2.08. The van der Waals surface area contributed by atoms with Crippen molar-refractivity contribution in [2.24, 2.45) is 0 Å². The topological polar surface area (TPSA) is 89.3 Å². The second-order valence-corrected chi connectivity index (χ2v) is 8.05. The molecule has 0 atom stereocenters. The molecular formula is C28H23F3N2O4. The molecule has 9 heteroatoms. The van der Waals surface area contributed by atoms with Gasteiger partial charge in [0.25, 0.3) is 0 Å². The molecule has 0 saturated carbocycles. The number of rotatable bonds is 8. The fraction of sp³-hybridized carbons (Fsp3) is 0.143. The highest BCUT2D eigenvalue weighted by Crippen LogP contribution is 2.15. The van der Waals surface area contributed by atoms with E-state index in [0.29, 0.717) is 17.9 Å². The summed E-state index contributed by atoms with van der Waals surface area (Å²) in [7, 11) is 0. The Kier molecular flexibility index (Phi) is 9.10. The van der Waals surface area contributed by atoms with Crippen molar-refractivity contribution in [2.75, 3.05) is 0 Å². The zero-order valence-electron chi connectivity index (χ0n) is 19.6. The maximum Gasteiger partial charge on any atom is 0.490 e. The lowest BCUT2D eigenvalue weighted by molar-refractivity contribution is -0.192. The van der Waals surface area contributed by atoms with Gasteiger partial charge in [-0.05, 0) is 29.2 Å². The number of carboxylic acid groups (broad SMARTS) is 1. The molecular weight excluding hydrogens is 485 g/mol. The number of halogens is 3. The van der Waals surface area contributed by atoms with Crippen LogP contribution in [-0.2, 0) is 17.8 Å². The molecule has 6 nitrogen and oxygen atoms in total. The van der Waals surface area contributed by atoms with Crippen molar-refractivity contribution in [3.05, 3.63) is 125 Å². The Morgan fingerprint density at radius 2 is 1.35 bits per heavy atom. The van der Waals surface area contributed by atoms with E-state index in [1.807, 2.05) is 66.7 Å². The lowest BCUT2D eigenvalue weighted by Crippen LogP contribution is -2.21. The number of hydrogen-bond acceptors (Lipinski definition) is 4. The van der Waals surface area contributed by atoms with Crippen molar-refractivity contribution < 1.29 is 32.7 Å². The molecule has 4 aromatic rings. The summed E-state index contributed by atoms with van der Waals surface area (Å²) in [6.45, 7) is 0.544. The Balaban J connectivity index is 0.000000479. The number of imidazole rings is 1. The minimum atomic E-state index is -5.08. The first-order chi connectivity index (χ1) is 17.6. The Labute approximate surface area is 211 Å². The van der Waals surface area contributed by atoms with E-state index in [4.69, 9.17) is 9.90 Å². The number of aliphatic carboxylic acids is 1. The number of ketones is 2. The van der Waals surface area contributed by atoms with Crippen LogP contribution in [0.15, 0.2) is 97.3 Å². The SMILES string of the molecule is O=C(CC(=O)c1nccn1Cc1ccccc1)c1cccc(Cc2ccccc2)c1.O=C(O)C(F)(F)F. The minimum absolute atomic E-state index is 0.191. The second-order valence-electron chi connectivity index (χ2n) is 8.05. The molecule has 0 radical (unpaired) electrons. The second kappa shape index (κ2) is 12.4. The van der Waals surface area contributed by atoms with Crippen LogP contribution in [-0.4, -0.2) is 38.4 Å². The third-order valence-electron chi connectivity index (χ3n) is 5.22. The normalized spacial score (nSPS) is 10.8. The van der Waals surface area contributed by atoms with Crippen LogP contribution in [0, 0.1) is 0 Å². The molecule has 0 aliphatic heterocycles. The van der Waals surface area contributed by atoms with Gasteiger partial charge in [-0.1, -0.05) is 78.9 Å². The molecule has 0 aliphatic rings. The van der Waals surface area contributed by atoms with Gasteiger partial charge in [0.05, 0.1) is 6.42 Å². The summed E-state index contributed by atoms with van der Waals surface area (Å²) in [6, 6.07) is 27.5. The van der Waals surface area contributed by atoms with Gasteiger partial charge in [0.2, 0.25) is 5.78 Å². The molecule has 1 N–H and O–H groups in total. The van der Waals surface area contributed by atoms with E-state index in [2.05, 4.69) is 17.1 Å². The molecule has 0 spiro atoms. The van der Waals surface area contributed by atoms with E-state index in [-0.39, 0.29) is 18.0 Å². The molecule has 0 saturated heterocycles. The lowest BCUT2D eigenvalue weighted by atomic mass is 9.99. The third kappa shape index (κ3) is 8.28. The van der Waals surface area contributed by atoms with E-state index in [1.54, 1.807) is 23.0 Å². The molecule has 0 aliphatic carbocycles. The van der Waals surface area contributed by atoms with Crippen LogP contribution in [0.2, 0.25) is 0 Å². The minimum Gasteiger partial charge on any atom is -0.475 e.